The second kappa shape index (κ2) is 10.0. The van der Waals surface area contributed by atoms with Crippen molar-refractivity contribution in [1.29, 1.82) is 0 Å². The average Bonchev–Trinajstić information content (AvgIpc) is 3.10. The van der Waals surface area contributed by atoms with Crippen molar-refractivity contribution in [3.63, 3.8) is 0 Å². The van der Waals surface area contributed by atoms with Gasteiger partial charge >= 0.3 is 12.0 Å². The molecule has 0 bridgehead atoms. The quantitative estimate of drug-likeness (QED) is 0.558. The SMILES string of the molecule is CCNC(=O)NC(=O)COC(=O)CNC(=O)c1ccc(N2CCCC2=O)cc1. The summed E-state index contributed by atoms with van der Waals surface area (Å²) in [6, 6.07) is 5.77. The van der Waals surface area contributed by atoms with E-state index < -0.39 is 37.0 Å². The Labute approximate surface area is 161 Å². The summed E-state index contributed by atoms with van der Waals surface area (Å²) >= 11 is 0. The van der Waals surface area contributed by atoms with Gasteiger partial charge in [-0.3, -0.25) is 24.5 Å². The topological polar surface area (TPSA) is 134 Å². The van der Waals surface area contributed by atoms with Gasteiger partial charge in [-0.2, -0.15) is 0 Å². The zero-order chi connectivity index (χ0) is 20.5. The van der Waals surface area contributed by atoms with Crippen LogP contribution in [0.3, 0.4) is 0 Å². The van der Waals surface area contributed by atoms with Crippen molar-refractivity contribution < 1.29 is 28.7 Å². The number of nitrogens with zero attached hydrogens (tertiary/aromatic N) is 1. The van der Waals surface area contributed by atoms with Gasteiger partial charge in [-0.1, -0.05) is 0 Å². The molecule has 0 aromatic heterocycles. The zero-order valence-electron chi connectivity index (χ0n) is 15.4. The molecule has 0 atom stereocenters. The van der Waals surface area contributed by atoms with Crippen LogP contribution in [-0.2, 0) is 19.1 Å². The predicted octanol–water partition coefficient (Wildman–Crippen LogP) is -0.0679. The summed E-state index contributed by atoms with van der Waals surface area (Å²) in [5.41, 5.74) is 1.04. The molecular formula is C18H22N4O6. The molecule has 1 aliphatic heterocycles. The van der Waals surface area contributed by atoms with Crippen LogP contribution in [0.1, 0.15) is 30.1 Å². The third-order valence-electron chi connectivity index (χ3n) is 3.86. The average molecular weight is 390 g/mol. The summed E-state index contributed by atoms with van der Waals surface area (Å²) in [6.07, 6.45) is 1.33. The van der Waals surface area contributed by atoms with Crippen LogP contribution in [-0.4, -0.2) is 56.0 Å². The minimum atomic E-state index is -0.821. The summed E-state index contributed by atoms with van der Waals surface area (Å²) < 4.78 is 4.68. The van der Waals surface area contributed by atoms with E-state index in [0.29, 0.717) is 25.1 Å². The first kappa shape index (κ1) is 20.9. The van der Waals surface area contributed by atoms with E-state index >= 15 is 0 Å². The van der Waals surface area contributed by atoms with Crippen LogP contribution in [0.25, 0.3) is 0 Å². The van der Waals surface area contributed by atoms with E-state index in [-0.39, 0.29) is 5.91 Å². The molecule has 150 valence electrons. The molecule has 0 unspecified atom stereocenters. The second-order valence-corrected chi connectivity index (χ2v) is 5.95. The van der Waals surface area contributed by atoms with E-state index in [9.17, 15) is 24.0 Å². The Morgan fingerprint density at radius 1 is 1.11 bits per heavy atom. The Kier molecular flexibility index (Phi) is 7.49. The zero-order valence-corrected chi connectivity index (χ0v) is 15.4. The van der Waals surface area contributed by atoms with Gasteiger partial charge in [-0.25, -0.2) is 4.79 Å². The number of imide groups is 1. The minimum absolute atomic E-state index is 0.0520. The largest absolute Gasteiger partial charge is 0.454 e. The van der Waals surface area contributed by atoms with E-state index in [1.54, 1.807) is 36.1 Å². The van der Waals surface area contributed by atoms with Crippen LogP contribution in [0.15, 0.2) is 24.3 Å². The summed E-state index contributed by atoms with van der Waals surface area (Å²) in [6.45, 7) is 1.63. The Hall–Kier alpha value is -3.43. The van der Waals surface area contributed by atoms with Crippen molar-refractivity contribution in [3.8, 4) is 0 Å². The molecule has 2 rings (SSSR count). The first-order chi connectivity index (χ1) is 13.4. The van der Waals surface area contributed by atoms with E-state index in [0.717, 1.165) is 12.1 Å². The van der Waals surface area contributed by atoms with Gasteiger partial charge in [0.25, 0.3) is 11.8 Å². The second-order valence-electron chi connectivity index (χ2n) is 5.95. The highest BCUT2D eigenvalue weighted by Gasteiger charge is 2.21. The summed E-state index contributed by atoms with van der Waals surface area (Å²) in [5.74, 6) is -2.05. The Bertz CT molecular complexity index is 762. The number of urea groups is 1. The van der Waals surface area contributed by atoms with Crippen molar-refractivity contribution in [2.45, 2.75) is 19.8 Å². The van der Waals surface area contributed by atoms with Crippen LogP contribution < -0.4 is 20.9 Å². The van der Waals surface area contributed by atoms with E-state index in [1.807, 2.05) is 5.32 Å². The van der Waals surface area contributed by atoms with Gasteiger partial charge in [0.15, 0.2) is 6.61 Å². The third-order valence-corrected chi connectivity index (χ3v) is 3.86. The molecule has 0 spiro atoms. The van der Waals surface area contributed by atoms with Crippen LogP contribution in [0.2, 0.25) is 0 Å². The van der Waals surface area contributed by atoms with Gasteiger partial charge in [-0.05, 0) is 37.6 Å². The van der Waals surface area contributed by atoms with Crippen LogP contribution in [0.4, 0.5) is 10.5 Å². The Morgan fingerprint density at radius 3 is 2.43 bits per heavy atom. The summed E-state index contributed by atoms with van der Waals surface area (Å²) in [7, 11) is 0. The number of carbonyl (C=O) groups is 5. The number of hydrogen-bond acceptors (Lipinski definition) is 6. The van der Waals surface area contributed by atoms with Gasteiger partial charge in [0.1, 0.15) is 6.54 Å². The van der Waals surface area contributed by atoms with Crippen molar-refractivity contribution >= 4 is 35.4 Å². The number of hydrogen-bond donors (Lipinski definition) is 3. The fourth-order valence-electron chi connectivity index (χ4n) is 2.53. The van der Waals surface area contributed by atoms with E-state index in [1.165, 1.54) is 0 Å². The molecule has 1 aromatic carbocycles. The van der Waals surface area contributed by atoms with Gasteiger partial charge in [0.05, 0.1) is 0 Å². The molecule has 1 heterocycles. The third kappa shape index (κ3) is 6.08. The number of benzene rings is 1. The highest BCUT2D eigenvalue weighted by molar-refractivity contribution is 5.99. The number of nitrogens with one attached hydrogen (secondary N) is 3. The molecule has 0 radical (unpaired) electrons. The van der Waals surface area contributed by atoms with Gasteiger partial charge in [0, 0.05) is 30.8 Å². The Balaban J connectivity index is 1.74. The minimum Gasteiger partial charge on any atom is -0.454 e. The molecule has 3 N–H and O–H groups in total. The van der Waals surface area contributed by atoms with E-state index in [4.69, 9.17) is 0 Å². The lowest BCUT2D eigenvalue weighted by Gasteiger charge is -2.15. The highest BCUT2D eigenvalue weighted by atomic mass is 16.5. The molecule has 10 heteroatoms. The lowest BCUT2D eigenvalue weighted by molar-refractivity contribution is -0.147. The molecule has 1 aromatic rings. The Morgan fingerprint density at radius 2 is 1.82 bits per heavy atom. The standard InChI is InChI=1S/C18H22N4O6/c1-2-19-18(27)21-14(23)11-28-16(25)10-20-17(26)12-5-7-13(8-6-12)22-9-3-4-15(22)24/h5-8H,2-4,9-11H2,1H3,(H,20,26)(H2,19,21,23,27). The lowest BCUT2D eigenvalue weighted by atomic mass is 10.2. The normalized spacial score (nSPS) is 13.0. The maximum absolute atomic E-state index is 12.1. The molecule has 0 aliphatic carbocycles. The molecule has 28 heavy (non-hydrogen) atoms. The number of esters is 1. The first-order valence-electron chi connectivity index (χ1n) is 8.82. The fraction of sp³-hybridized carbons (Fsp3) is 0.389. The van der Waals surface area contributed by atoms with Crippen molar-refractivity contribution in [2.75, 3.05) is 31.1 Å². The monoisotopic (exact) mass is 390 g/mol. The van der Waals surface area contributed by atoms with Crippen molar-refractivity contribution in [3.05, 3.63) is 29.8 Å². The molecular weight excluding hydrogens is 368 g/mol. The number of rotatable bonds is 7. The van der Waals surface area contributed by atoms with Crippen LogP contribution in [0.5, 0.6) is 0 Å². The number of anilines is 1. The summed E-state index contributed by atoms with van der Waals surface area (Å²) in [4.78, 5) is 59.6. The highest BCUT2D eigenvalue weighted by Crippen LogP contribution is 2.21. The van der Waals surface area contributed by atoms with E-state index in [2.05, 4.69) is 15.4 Å². The fourth-order valence-corrected chi connectivity index (χ4v) is 2.53. The molecule has 10 nitrogen and oxygen atoms in total. The lowest BCUT2D eigenvalue weighted by Crippen LogP contribution is -2.41. The van der Waals surface area contributed by atoms with Crippen LogP contribution in [0, 0.1) is 0 Å². The molecule has 0 saturated carbocycles. The molecule has 1 saturated heterocycles. The maximum Gasteiger partial charge on any atom is 0.325 e. The predicted molar refractivity (Wildman–Crippen MR) is 98.5 cm³/mol. The number of ether oxygens (including phenoxy) is 1. The smallest absolute Gasteiger partial charge is 0.325 e. The maximum atomic E-state index is 12.1. The molecule has 5 amide bonds. The first-order valence-corrected chi connectivity index (χ1v) is 8.82. The molecule has 1 aliphatic rings. The van der Waals surface area contributed by atoms with Crippen molar-refractivity contribution in [1.82, 2.24) is 16.0 Å². The van der Waals surface area contributed by atoms with Crippen LogP contribution >= 0.6 is 0 Å². The van der Waals surface area contributed by atoms with Gasteiger partial charge in [0.2, 0.25) is 5.91 Å². The summed E-state index contributed by atoms with van der Waals surface area (Å²) in [5, 5.41) is 6.71. The van der Waals surface area contributed by atoms with Crippen molar-refractivity contribution in [2.24, 2.45) is 0 Å². The van der Waals surface area contributed by atoms with Gasteiger partial charge in [-0.15, -0.1) is 0 Å². The number of carbonyl (C=O) groups excluding carboxylic acids is 5. The van der Waals surface area contributed by atoms with Gasteiger partial charge < -0.3 is 20.3 Å². The molecule has 1 fully saturated rings. The number of amides is 5.